The van der Waals surface area contributed by atoms with Crippen LogP contribution in [0.4, 0.5) is 14.5 Å². The van der Waals surface area contributed by atoms with E-state index in [2.05, 4.69) is 21.8 Å². The lowest BCUT2D eigenvalue weighted by Gasteiger charge is -2.47. The van der Waals surface area contributed by atoms with Crippen molar-refractivity contribution in [1.82, 2.24) is 9.88 Å². The van der Waals surface area contributed by atoms with Crippen LogP contribution in [0.3, 0.4) is 0 Å². The summed E-state index contributed by atoms with van der Waals surface area (Å²) in [6.07, 6.45) is 1.83. The highest BCUT2D eigenvalue weighted by atomic mass is 19.1. The van der Waals surface area contributed by atoms with Gasteiger partial charge in [0.15, 0.2) is 5.82 Å². The molecule has 134 valence electrons. The van der Waals surface area contributed by atoms with Crippen molar-refractivity contribution in [2.24, 2.45) is 0 Å². The molecule has 6 heteroatoms. The van der Waals surface area contributed by atoms with E-state index in [0.29, 0.717) is 5.39 Å². The van der Waals surface area contributed by atoms with Gasteiger partial charge in [-0.3, -0.25) is 0 Å². The topological polar surface area (TPSA) is 28.6 Å². The number of piperidine rings is 1. The van der Waals surface area contributed by atoms with Gasteiger partial charge in [-0.15, -0.1) is 0 Å². The summed E-state index contributed by atoms with van der Waals surface area (Å²) in [6, 6.07) is 4.21. The molecule has 1 aromatic heterocycles. The SMILES string of the molecule is Cc1cc(N2CCC3(CC2)CN(C)CCO3)c2cc(F)cc(F)c2n1. The highest BCUT2D eigenvalue weighted by molar-refractivity contribution is 5.92. The Labute approximate surface area is 146 Å². The van der Waals surface area contributed by atoms with Crippen molar-refractivity contribution < 1.29 is 13.5 Å². The Balaban J connectivity index is 1.65. The molecule has 0 bridgehead atoms. The lowest BCUT2D eigenvalue weighted by molar-refractivity contribution is -0.115. The smallest absolute Gasteiger partial charge is 0.152 e. The van der Waals surface area contributed by atoms with Gasteiger partial charge in [0.1, 0.15) is 11.3 Å². The summed E-state index contributed by atoms with van der Waals surface area (Å²) in [5.41, 5.74) is 1.75. The average molecular weight is 347 g/mol. The predicted molar refractivity (Wildman–Crippen MR) is 94.0 cm³/mol. The molecule has 0 aliphatic carbocycles. The number of aromatic nitrogens is 1. The molecular weight excluding hydrogens is 324 g/mol. The molecule has 4 nitrogen and oxygen atoms in total. The first-order chi connectivity index (χ1) is 12.0. The predicted octanol–water partition coefficient (Wildman–Crippen LogP) is 3.12. The van der Waals surface area contributed by atoms with Gasteiger partial charge < -0.3 is 14.5 Å². The zero-order chi connectivity index (χ0) is 17.6. The lowest BCUT2D eigenvalue weighted by Crippen LogP contribution is -2.56. The maximum absolute atomic E-state index is 14.2. The van der Waals surface area contributed by atoms with Gasteiger partial charge >= 0.3 is 0 Å². The molecule has 2 aliphatic heterocycles. The molecule has 3 heterocycles. The molecular formula is C19H23F2N3O. The Morgan fingerprint density at radius 2 is 1.88 bits per heavy atom. The number of fused-ring (bicyclic) bond motifs is 1. The summed E-state index contributed by atoms with van der Waals surface area (Å²) < 4.78 is 34.0. The number of hydrogen-bond acceptors (Lipinski definition) is 4. The molecule has 1 spiro atoms. The second-order valence-corrected chi connectivity index (χ2v) is 7.32. The molecule has 0 saturated carbocycles. The molecule has 25 heavy (non-hydrogen) atoms. The third kappa shape index (κ3) is 3.09. The van der Waals surface area contributed by atoms with Gasteiger partial charge in [0.25, 0.3) is 0 Å². The van der Waals surface area contributed by atoms with Crippen LogP contribution in [0.15, 0.2) is 18.2 Å². The number of halogens is 2. The van der Waals surface area contributed by atoms with Gasteiger partial charge in [0.2, 0.25) is 0 Å². The van der Waals surface area contributed by atoms with Crippen molar-refractivity contribution in [3.63, 3.8) is 0 Å². The summed E-state index contributed by atoms with van der Waals surface area (Å²) in [7, 11) is 2.13. The first-order valence-corrected chi connectivity index (χ1v) is 8.80. The number of rotatable bonds is 1. The molecule has 0 N–H and O–H groups in total. The minimum Gasteiger partial charge on any atom is -0.372 e. The van der Waals surface area contributed by atoms with Crippen LogP contribution in [0.1, 0.15) is 18.5 Å². The normalized spacial score (nSPS) is 21.2. The summed E-state index contributed by atoms with van der Waals surface area (Å²) >= 11 is 0. The molecule has 2 aliphatic rings. The fraction of sp³-hybridized carbons (Fsp3) is 0.526. The molecule has 2 saturated heterocycles. The third-order valence-corrected chi connectivity index (χ3v) is 5.39. The maximum atomic E-state index is 14.2. The van der Waals surface area contributed by atoms with Crippen LogP contribution in [0.25, 0.3) is 10.9 Å². The largest absolute Gasteiger partial charge is 0.372 e. The monoisotopic (exact) mass is 347 g/mol. The Morgan fingerprint density at radius 1 is 1.12 bits per heavy atom. The van der Waals surface area contributed by atoms with Crippen LogP contribution >= 0.6 is 0 Å². The van der Waals surface area contributed by atoms with Crippen molar-refractivity contribution in [2.75, 3.05) is 44.7 Å². The number of aryl methyl sites for hydroxylation is 1. The summed E-state index contributed by atoms with van der Waals surface area (Å²) in [4.78, 5) is 8.79. The number of ether oxygens (including phenoxy) is 1. The summed E-state index contributed by atoms with van der Waals surface area (Å²) in [5.74, 6) is -1.17. The first kappa shape index (κ1) is 16.7. The molecule has 2 aromatic rings. The number of morpholine rings is 1. The zero-order valence-electron chi connectivity index (χ0n) is 14.7. The van der Waals surface area contributed by atoms with Crippen LogP contribution < -0.4 is 4.90 Å². The van der Waals surface area contributed by atoms with Crippen molar-refractivity contribution in [2.45, 2.75) is 25.4 Å². The summed E-state index contributed by atoms with van der Waals surface area (Å²) in [6.45, 7) is 6.15. The van der Waals surface area contributed by atoms with Crippen molar-refractivity contribution in [3.8, 4) is 0 Å². The highest BCUT2D eigenvalue weighted by Crippen LogP contribution is 2.35. The molecule has 0 radical (unpaired) electrons. The van der Waals surface area contributed by atoms with Crippen LogP contribution in [-0.4, -0.2) is 55.3 Å². The van der Waals surface area contributed by atoms with E-state index in [1.165, 1.54) is 6.07 Å². The highest BCUT2D eigenvalue weighted by Gasteiger charge is 2.39. The van der Waals surface area contributed by atoms with Gasteiger partial charge in [-0.25, -0.2) is 13.8 Å². The van der Waals surface area contributed by atoms with E-state index in [4.69, 9.17) is 4.74 Å². The number of hydrogen-bond donors (Lipinski definition) is 0. The van der Waals surface area contributed by atoms with Gasteiger partial charge in [-0.2, -0.15) is 0 Å². The number of nitrogens with zero attached hydrogens (tertiary/aromatic N) is 3. The van der Waals surface area contributed by atoms with Gasteiger partial charge in [0.05, 0.1) is 12.2 Å². The van der Waals surface area contributed by atoms with Crippen LogP contribution in [-0.2, 0) is 4.74 Å². The molecule has 0 atom stereocenters. The first-order valence-electron chi connectivity index (χ1n) is 8.80. The zero-order valence-corrected chi connectivity index (χ0v) is 14.7. The number of likely N-dealkylation sites (N-methyl/N-ethyl adjacent to an activating group) is 1. The van der Waals surface area contributed by atoms with E-state index in [9.17, 15) is 8.78 Å². The average Bonchev–Trinajstić information content (AvgIpc) is 2.56. The molecule has 1 aromatic carbocycles. The van der Waals surface area contributed by atoms with Crippen LogP contribution in [0.5, 0.6) is 0 Å². The van der Waals surface area contributed by atoms with E-state index in [1.54, 1.807) is 0 Å². The molecule has 0 amide bonds. The van der Waals surface area contributed by atoms with E-state index in [0.717, 1.165) is 63.1 Å². The Hall–Kier alpha value is -1.79. The van der Waals surface area contributed by atoms with Crippen molar-refractivity contribution in [1.29, 1.82) is 0 Å². The van der Waals surface area contributed by atoms with E-state index in [1.807, 2.05) is 13.0 Å². The molecule has 4 rings (SSSR count). The van der Waals surface area contributed by atoms with Gasteiger partial charge in [0, 0.05) is 49.0 Å². The second-order valence-electron chi connectivity index (χ2n) is 7.32. The summed E-state index contributed by atoms with van der Waals surface area (Å²) in [5, 5.41) is 0.542. The number of benzene rings is 1. The van der Waals surface area contributed by atoms with E-state index in [-0.39, 0.29) is 11.1 Å². The Bertz CT molecular complexity index is 803. The molecule has 2 fully saturated rings. The quantitative estimate of drug-likeness (QED) is 0.792. The minimum atomic E-state index is -0.606. The lowest BCUT2D eigenvalue weighted by atomic mass is 9.89. The van der Waals surface area contributed by atoms with Gasteiger partial charge in [-0.05, 0) is 38.9 Å². The minimum absolute atomic E-state index is 0.0854. The van der Waals surface area contributed by atoms with Crippen molar-refractivity contribution >= 4 is 16.6 Å². The molecule has 0 unspecified atom stereocenters. The number of pyridine rings is 1. The fourth-order valence-electron chi connectivity index (χ4n) is 4.11. The third-order valence-electron chi connectivity index (χ3n) is 5.39. The number of anilines is 1. The van der Waals surface area contributed by atoms with Crippen LogP contribution in [0.2, 0.25) is 0 Å². The van der Waals surface area contributed by atoms with Crippen molar-refractivity contribution in [3.05, 3.63) is 35.5 Å². The Kier molecular flexibility index (Phi) is 4.12. The Morgan fingerprint density at radius 3 is 2.60 bits per heavy atom. The van der Waals surface area contributed by atoms with Crippen LogP contribution in [0, 0.1) is 18.6 Å². The van der Waals surface area contributed by atoms with E-state index >= 15 is 0 Å². The standard InChI is InChI=1S/C19H23F2N3O/c1-13-9-17(15-10-14(20)11-16(21)18(15)22-13)24-5-3-19(4-6-24)12-23(2)7-8-25-19/h9-11H,3-8,12H2,1-2H3. The second kappa shape index (κ2) is 6.18. The maximum Gasteiger partial charge on any atom is 0.152 e. The van der Waals surface area contributed by atoms with Gasteiger partial charge in [-0.1, -0.05) is 0 Å². The fourth-order valence-corrected chi connectivity index (χ4v) is 4.11. The van der Waals surface area contributed by atoms with E-state index < -0.39 is 11.6 Å².